The summed E-state index contributed by atoms with van der Waals surface area (Å²) in [6.07, 6.45) is 3.64. The number of oxazole rings is 1. The van der Waals surface area contributed by atoms with Gasteiger partial charge in [-0.15, -0.1) is 0 Å². The molecule has 1 aromatic rings. The molecule has 0 aromatic carbocycles. The highest BCUT2D eigenvalue weighted by Gasteiger charge is 2.36. The lowest BCUT2D eigenvalue weighted by Crippen LogP contribution is -2.23. The summed E-state index contributed by atoms with van der Waals surface area (Å²) in [6, 6.07) is 0.299. The molecule has 1 N–H and O–H groups in total. The summed E-state index contributed by atoms with van der Waals surface area (Å²) in [7, 11) is -1.15. The molecule has 17 heavy (non-hydrogen) atoms. The molecule has 5 nitrogen and oxygen atoms in total. The highest BCUT2D eigenvalue weighted by atomic mass is 32.2. The maximum absolute atomic E-state index is 11.7. The molecule has 0 spiro atoms. The Balaban J connectivity index is 2.13. The molecule has 96 valence electrons. The number of sulfone groups is 1. The Bertz CT molecular complexity index is 481. The van der Waals surface area contributed by atoms with Gasteiger partial charge < -0.3 is 9.73 Å². The van der Waals surface area contributed by atoms with E-state index in [0.29, 0.717) is 24.8 Å². The van der Waals surface area contributed by atoms with Crippen LogP contribution >= 0.6 is 0 Å². The number of nitrogens with one attached hydrogen (secondary N) is 1. The van der Waals surface area contributed by atoms with E-state index in [9.17, 15) is 8.42 Å². The van der Waals surface area contributed by atoms with Gasteiger partial charge in [-0.1, -0.05) is 0 Å². The summed E-state index contributed by atoms with van der Waals surface area (Å²) >= 11 is 0. The summed E-state index contributed by atoms with van der Waals surface area (Å²) in [4.78, 5) is 4.29. The maximum Gasteiger partial charge on any atom is 0.212 e. The highest BCUT2D eigenvalue weighted by molar-refractivity contribution is 7.91. The first-order valence-electron chi connectivity index (χ1n) is 5.86. The van der Waals surface area contributed by atoms with E-state index in [1.165, 1.54) is 0 Å². The quantitative estimate of drug-likeness (QED) is 0.874. The van der Waals surface area contributed by atoms with Crippen LogP contribution in [0.4, 0.5) is 0 Å². The lowest BCUT2D eigenvalue weighted by atomic mass is 10.2. The minimum Gasteiger partial charge on any atom is -0.447 e. The van der Waals surface area contributed by atoms with Crippen molar-refractivity contribution in [2.24, 2.45) is 0 Å². The molecule has 2 atom stereocenters. The molecule has 0 radical (unpaired) electrons. The van der Waals surface area contributed by atoms with Gasteiger partial charge in [0.25, 0.3) is 0 Å². The first-order valence-corrected chi connectivity index (χ1v) is 7.57. The summed E-state index contributed by atoms with van der Waals surface area (Å²) in [5.74, 6) is 0.614. The molecule has 0 saturated carbocycles. The fourth-order valence-electron chi connectivity index (χ4n) is 2.05. The molecule has 0 bridgehead atoms. The Hall–Kier alpha value is -0.880. The van der Waals surface area contributed by atoms with Crippen molar-refractivity contribution in [3.05, 3.63) is 17.8 Å². The van der Waals surface area contributed by atoms with Crippen LogP contribution in [-0.2, 0) is 16.3 Å². The van der Waals surface area contributed by atoms with Gasteiger partial charge in [0.15, 0.2) is 9.84 Å². The zero-order chi connectivity index (χ0) is 12.5. The predicted molar refractivity (Wildman–Crippen MR) is 64.5 cm³/mol. The van der Waals surface area contributed by atoms with Crippen LogP contribution in [0.3, 0.4) is 0 Å². The van der Waals surface area contributed by atoms with Gasteiger partial charge in [0.1, 0.15) is 11.5 Å². The second kappa shape index (κ2) is 4.78. The van der Waals surface area contributed by atoms with Crippen molar-refractivity contribution in [3.63, 3.8) is 0 Å². The minimum atomic E-state index is -3.03. The molecule has 0 amide bonds. The lowest BCUT2D eigenvalue weighted by molar-refractivity contribution is 0.476. The van der Waals surface area contributed by atoms with Gasteiger partial charge in [-0.25, -0.2) is 13.4 Å². The minimum absolute atomic E-state index is 0.252. The summed E-state index contributed by atoms with van der Waals surface area (Å²) in [5, 5.41) is 2.58. The number of hydrogen-bond donors (Lipinski definition) is 1. The van der Waals surface area contributed by atoms with Gasteiger partial charge in [0, 0.05) is 12.5 Å². The molecule has 1 aliphatic heterocycles. The molecule has 2 heterocycles. The van der Waals surface area contributed by atoms with Gasteiger partial charge in [-0.05, 0) is 26.8 Å². The average Bonchev–Trinajstić information content (AvgIpc) is 2.84. The van der Waals surface area contributed by atoms with Crippen molar-refractivity contribution in [2.45, 2.75) is 37.5 Å². The second-order valence-corrected chi connectivity index (χ2v) is 6.87. The monoisotopic (exact) mass is 258 g/mol. The van der Waals surface area contributed by atoms with E-state index in [0.717, 1.165) is 12.1 Å². The molecule has 0 aliphatic carbocycles. The van der Waals surface area contributed by atoms with Gasteiger partial charge in [-0.2, -0.15) is 0 Å². The first kappa shape index (κ1) is 12.6. The topological polar surface area (TPSA) is 72.2 Å². The van der Waals surface area contributed by atoms with Crippen LogP contribution in [0.5, 0.6) is 0 Å². The molecular formula is C11H18N2O3S. The molecule has 2 rings (SSSR count). The fraction of sp³-hybridized carbons (Fsp3) is 0.727. The van der Waals surface area contributed by atoms with Crippen LogP contribution in [0.2, 0.25) is 0 Å². The first-order chi connectivity index (χ1) is 8.03. The van der Waals surface area contributed by atoms with Crippen LogP contribution in [0.1, 0.15) is 36.6 Å². The number of aromatic nitrogens is 1. The van der Waals surface area contributed by atoms with Crippen LogP contribution in [-0.4, -0.2) is 32.2 Å². The van der Waals surface area contributed by atoms with Crippen molar-refractivity contribution < 1.29 is 12.8 Å². The summed E-state index contributed by atoms with van der Waals surface area (Å²) in [6.45, 7) is 2.04. The van der Waals surface area contributed by atoms with Crippen LogP contribution in [0.15, 0.2) is 10.7 Å². The van der Waals surface area contributed by atoms with E-state index in [2.05, 4.69) is 10.3 Å². The van der Waals surface area contributed by atoms with Crippen LogP contribution < -0.4 is 5.32 Å². The van der Waals surface area contributed by atoms with Crippen molar-refractivity contribution in [3.8, 4) is 0 Å². The lowest BCUT2D eigenvalue weighted by Gasteiger charge is -2.06. The van der Waals surface area contributed by atoms with E-state index >= 15 is 0 Å². The Labute approximate surface area is 102 Å². The van der Waals surface area contributed by atoms with Crippen LogP contribution in [0.25, 0.3) is 0 Å². The van der Waals surface area contributed by atoms with E-state index in [4.69, 9.17) is 4.42 Å². The smallest absolute Gasteiger partial charge is 0.212 e. The van der Waals surface area contributed by atoms with Crippen molar-refractivity contribution in [1.29, 1.82) is 0 Å². The third-order valence-corrected chi connectivity index (χ3v) is 5.34. The third kappa shape index (κ3) is 2.69. The second-order valence-electron chi connectivity index (χ2n) is 4.57. The average molecular weight is 258 g/mol. The normalized spacial score (nSPS) is 24.9. The van der Waals surface area contributed by atoms with E-state index in [1.54, 1.807) is 6.26 Å². The molecule has 1 aliphatic rings. The van der Waals surface area contributed by atoms with Crippen LogP contribution in [0, 0.1) is 0 Å². The SMILES string of the molecule is CNC(C)Cc1coc(C2CCCS2(=O)=O)n1. The Morgan fingerprint density at radius 2 is 2.41 bits per heavy atom. The van der Waals surface area contributed by atoms with Crippen molar-refractivity contribution in [1.82, 2.24) is 10.3 Å². The highest BCUT2D eigenvalue weighted by Crippen LogP contribution is 2.33. The summed E-state index contributed by atoms with van der Waals surface area (Å²) < 4.78 is 28.8. The van der Waals surface area contributed by atoms with Crippen molar-refractivity contribution in [2.75, 3.05) is 12.8 Å². The van der Waals surface area contributed by atoms with Gasteiger partial charge in [-0.3, -0.25) is 0 Å². The molecule has 1 saturated heterocycles. The van der Waals surface area contributed by atoms with Gasteiger partial charge in [0.05, 0.1) is 11.4 Å². The molecule has 6 heteroatoms. The standard InChI is InChI=1S/C11H18N2O3S/c1-8(12-2)6-9-7-16-11(13-9)10-4-3-5-17(10,14)15/h7-8,10,12H,3-6H2,1-2H3. The third-order valence-electron chi connectivity index (χ3n) is 3.18. The van der Waals surface area contributed by atoms with Gasteiger partial charge >= 0.3 is 0 Å². The van der Waals surface area contributed by atoms with Gasteiger partial charge in [0.2, 0.25) is 5.89 Å². The summed E-state index contributed by atoms with van der Waals surface area (Å²) in [5.41, 5.74) is 0.809. The maximum atomic E-state index is 11.7. The number of likely N-dealkylation sites (N-methyl/N-ethyl adjacent to an activating group) is 1. The van der Waals surface area contributed by atoms with E-state index < -0.39 is 15.1 Å². The van der Waals surface area contributed by atoms with E-state index in [1.807, 2.05) is 14.0 Å². The zero-order valence-electron chi connectivity index (χ0n) is 10.1. The Kier molecular flexibility index (Phi) is 3.53. The number of rotatable bonds is 4. The molecule has 1 fully saturated rings. The predicted octanol–water partition coefficient (Wildman–Crippen LogP) is 1.07. The zero-order valence-corrected chi connectivity index (χ0v) is 11.0. The van der Waals surface area contributed by atoms with Crippen molar-refractivity contribution >= 4 is 9.84 Å². The molecule has 1 aromatic heterocycles. The Morgan fingerprint density at radius 1 is 1.65 bits per heavy atom. The Morgan fingerprint density at radius 3 is 3.00 bits per heavy atom. The van der Waals surface area contributed by atoms with E-state index in [-0.39, 0.29) is 5.75 Å². The largest absolute Gasteiger partial charge is 0.447 e. The number of hydrogen-bond acceptors (Lipinski definition) is 5. The molecular weight excluding hydrogens is 240 g/mol. The fourth-order valence-corrected chi connectivity index (χ4v) is 3.84. The number of nitrogens with zero attached hydrogens (tertiary/aromatic N) is 1. The molecule has 2 unspecified atom stereocenters.